The second-order valence-electron chi connectivity index (χ2n) is 5.15. The Labute approximate surface area is 85.0 Å². The first-order valence-corrected chi connectivity index (χ1v) is 5.83. The predicted octanol–water partition coefficient (Wildman–Crippen LogP) is 0.765. The third-order valence-corrected chi connectivity index (χ3v) is 3.80. The van der Waals surface area contributed by atoms with Crippen LogP contribution >= 0.6 is 0 Å². The van der Waals surface area contributed by atoms with Crippen molar-refractivity contribution >= 4 is 0 Å². The lowest BCUT2D eigenvalue weighted by molar-refractivity contribution is -0.0338. The van der Waals surface area contributed by atoms with E-state index in [-0.39, 0.29) is 0 Å². The predicted molar refractivity (Wildman–Crippen MR) is 53.1 cm³/mol. The average Bonchev–Trinajstić information content (AvgIpc) is 2.98. The Morgan fingerprint density at radius 2 is 1.93 bits per heavy atom. The number of rotatable bonds is 3. The molecule has 14 heavy (non-hydrogen) atoms. The van der Waals surface area contributed by atoms with Crippen molar-refractivity contribution in [2.75, 3.05) is 19.7 Å². The summed E-state index contributed by atoms with van der Waals surface area (Å²) in [5, 5.41) is 10.3. The molecule has 80 valence electrons. The molecule has 0 spiro atoms. The molecule has 3 heteroatoms. The zero-order valence-corrected chi connectivity index (χ0v) is 8.61. The molecule has 1 atom stereocenters. The third-order valence-electron chi connectivity index (χ3n) is 3.80. The Kier molecular flexibility index (Phi) is 2.08. The number of epoxide rings is 1. The first-order chi connectivity index (χ1) is 6.75. The van der Waals surface area contributed by atoms with Crippen molar-refractivity contribution in [3.8, 4) is 0 Å². The zero-order chi connectivity index (χ0) is 9.60. The van der Waals surface area contributed by atoms with Crippen LogP contribution < -0.4 is 0 Å². The normalized spacial score (nSPS) is 37.1. The summed E-state index contributed by atoms with van der Waals surface area (Å²) in [6.45, 7) is 3.05. The number of likely N-dealkylation sites (tertiary alicyclic amines) is 1. The molecule has 0 aromatic rings. The quantitative estimate of drug-likeness (QED) is 0.679. The van der Waals surface area contributed by atoms with Gasteiger partial charge in [0.15, 0.2) is 0 Å². The SMILES string of the molecule is OC1(CC2CO2)CCN(C2CC2)CC1. The molecule has 3 rings (SSSR count). The molecule has 0 bridgehead atoms. The third kappa shape index (κ3) is 1.95. The van der Waals surface area contributed by atoms with Gasteiger partial charge >= 0.3 is 0 Å². The van der Waals surface area contributed by atoms with Crippen molar-refractivity contribution < 1.29 is 9.84 Å². The summed E-state index contributed by atoms with van der Waals surface area (Å²) in [4.78, 5) is 2.54. The van der Waals surface area contributed by atoms with Gasteiger partial charge in [0.05, 0.1) is 18.3 Å². The van der Waals surface area contributed by atoms with Gasteiger partial charge in [0.2, 0.25) is 0 Å². The van der Waals surface area contributed by atoms with Crippen molar-refractivity contribution in [3.63, 3.8) is 0 Å². The minimum atomic E-state index is -0.410. The van der Waals surface area contributed by atoms with Crippen molar-refractivity contribution in [1.29, 1.82) is 0 Å². The molecule has 3 nitrogen and oxygen atoms in total. The molecule has 0 aromatic carbocycles. The van der Waals surface area contributed by atoms with Crippen molar-refractivity contribution in [1.82, 2.24) is 4.90 Å². The summed E-state index contributed by atoms with van der Waals surface area (Å²) in [6.07, 6.45) is 5.89. The van der Waals surface area contributed by atoms with E-state index in [4.69, 9.17) is 4.74 Å². The van der Waals surface area contributed by atoms with E-state index in [1.165, 1.54) is 12.8 Å². The van der Waals surface area contributed by atoms with Crippen LogP contribution in [0.15, 0.2) is 0 Å². The van der Waals surface area contributed by atoms with Crippen LogP contribution in [0.5, 0.6) is 0 Å². The molecule has 0 radical (unpaired) electrons. The van der Waals surface area contributed by atoms with Crippen LogP contribution in [0.3, 0.4) is 0 Å². The van der Waals surface area contributed by atoms with Crippen LogP contribution in [0, 0.1) is 0 Å². The van der Waals surface area contributed by atoms with Gasteiger partial charge in [0.1, 0.15) is 0 Å². The fraction of sp³-hybridized carbons (Fsp3) is 1.00. The molecule has 0 amide bonds. The molecular formula is C11H19NO2. The summed E-state index contributed by atoms with van der Waals surface area (Å²) in [5.74, 6) is 0. The van der Waals surface area contributed by atoms with E-state index in [1.54, 1.807) is 0 Å². The van der Waals surface area contributed by atoms with Gasteiger partial charge in [-0.05, 0) is 25.7 Å². The maximum atomic E-state index is 10.3. The van der Waals surface area contributed by atoms with Crippen molar-refractivity contribution in [3.05, 3.63) is 0 Å². The Bertz CT molecular complexity index is 215. The minimum absolute atomic E-state index is 0.368. The topological polar surface area (TPSA) is 36.0 Å². The number of ether oxygens (including phenoxy) is 1. The lowest BCUT2D eigenvalue weighted by atomic mass is 9.87. The van der Waals surface area contributed by atoms with Crippen molar-refractivity contribution in [2.45, 2.75) is 49.9 Å². The number of hydrogen-bond acceptors (Lipinski definition) is 3. The summed E-state index contributed by atoms with van der Waals surface area (Å²) in [7, 11) is 0. The summed E-state index contributed by atoms with van der Waals surface area (Å²) in [5.41, 5.74) is -0.410. The molecule has 2 saturated heterocycles. The maximum Gasteiger partial charge on any atom is 0.0837 e. The average molecular weight is 197 g/mol. The fourth-order valence-corrected chi connectivity index (χ4v) is 2.56. The van der Waals surface area contributed by atoms with Gasteiger partial charge in [-0.15, -0.1) is 0 Å². The molecule has 2 heterocycles. The highest BCUT2D eigenvalue weighted by Gasteiger charge is 2.41. The van der Waals surface area contributed by atoms with Crippen LogP contribution in [-0.2, 0) is 4.74 Å². The van der Waals surface area contributed by atoms with Gasteiger partial charge in [-0.25, -0.2) is 0 Å². The lowest BCUT2D eigenvalue weighted by Crippen LogP contribution is -2.45. The molecule has 1 unspecified atom stereocenters. The van der Waals surface area contributed by atoms with Gasteiger partial charge in [0, 0.05) is 25.6 Å². The largest absolute Gasteiger partial charge is 0.390 e. The van der Waals surface area contributed by atoms with E-state index >= 15 is 0 Å². The lowest BCUT2D eigenvalue weighted by Gasteiger charge is -2.38. The molecule has 1 aliphatic carbocycles. The van der Waals surface area contributed by atoms with Gasteiger partial charge in [-0.1, -0.05) is 0 Å². The standard InChI is InChI=1S/C11H19NO2/c13-11(7-10-8-14-10)3-5-12(6-4-11)9-1-2-9/h9-10,13H,1-8H2. The molecule has 1 saturated carbocycles. The second-order valence-corrected chi connectivity index (χ2v) is 5.15. The molecule has 2 aliphatic heterocycles. The number of aliphatic hydroxyl groups is 1. The van der Waals surface area contributed by atoms with E-state index in [0.717, 1.165) is 45.0 Å². The highest BCUT2D eigenvalue weighted by molar-refractivity contribution is 4.94. The summed E-state index contributed by atoms with van der Waals surface area (Å²) < 4.78 is 5.19. The Hall–Kier alpha value is -0.120. The molecular weight excluding hydrogens is 178 g/mol. The van der Waals surface area contributed by atoms with E-state index in [9.17, 15) is 5.11 Å². The summed E-state index contributed by atoms with van der Waals surface area (Å²) >= 11 is 0. The van der Waals surface area contributed by atoms with Gasteiger partial charge in [-0.3, -0.25) is 0 Å². The van der Waals surface area contributed by atoms with Crippen LogP contribution in [0.25, 0.3) is 0 Å². The van der Waals surface area contributed by atoms with Crippen LogP contribution in [-0.4, -0.2) is 47.4 Å². The second kappa shape index (κ2) is 3.19. The fourth-order valence-electron chi connectivity index (χ4n) is 2.56. The highest BCUT2D eigenvalue weighted by atomic mass is 16.6. The highest BCUT2D eigenvalue weighted by Crippen LogP contribution is 2.35. The number of nitrogens with zero attached hydrogens (tertiary/aromatic N) is 1. The zero-order valence-electron chi connectivity index (χ0n) is 8.61. The molecule has 1 N–H and O–H groups in total. The Morgan fingerprint density at radius 1 is 1.29 bits per heavy atom. The smallest absolute Gasteiger partial charge is 0.0837 e. The van der Waals surface area contributed by atoms with Crippen LogP contribution in [0.2, 0.25) is 0 Å². The van der Waals surface area contributed by atoms with Crippen LogP contribution in [0.4, 0.5) is 0 Å². The van der Waals surface area contributed by atoms with E-state index in [0.29, 0.717) is 6.10 Å². The summed E-state index contributed by atoms with van der Waals surface area (Å²) in [6, 6.07) is 0.858. The van der Waals surface area contributed by atoms with E-state index in [1.807, 2.05) is 0 Å². The maximum absolute atomic E-state index is 10.3. The van der Waals surface area contributed by atoms with E-state index in [2.05, 4.69) is 4.90 Å². The monoisotopic (exact) mass is 197 g/mol. The van der Waals surface area contributed by atoms with Gasteiger partial charge < -0.3 is 14.7 Å². The number of hydrogen-bond donors (Lipinski definition) is 1. The minimum Gasteiger partial charge on any atom is -0.390 e. The Morgan fingerprint density at radius 3 is 2.43 bits per heavy atom. The van der Waals surface area contributed by atoms with Crippen LogP contribution in [0.1, 0.15) is 32.1 Å². The van der Waals surface area contributed by atoms with Crippen molar-refractivity contribution in [2.24, 2.45) is 0 Å². The Balaban J connectivity index is 1.51. The molecule has 3 aliphatic rings. The molecule has 3 fully saturated rings. The molecule has 0 aromatic heterocycles. The van der Waals surface area contributed by atoms with Gasteiger partial charge in [-0.2, -0.15) is 0 Å². The first kappa shape index (κ1) is 9.13. The van der Waals surface area contributed by atoms with Gasteiger partial charge in [0.25, 0.3) is 0 Å². The first-order valence-electron chi connectivity index (χ1n) is 5.83. The number of piperidine rings is 1. The van der Waals surface area contributed by atoms with E-state index < -0.39 is 5.60 Å².